The first-order valence-corrected chi connectivity index (χ1v) is 8.23. The highest BCUT2D eigenvalue weighted by atomic mass is 35.5. The number of hydrogen-bond donors (Lipinski definition) is 1. The standard InChI is InChI=1S/C17H21ClN4O/c1-12(14-5-3-4-6-15(14)18)21-7-9-22(10-8-21)17(23)16-11-19-13(2)20-16/h3-6,11-12H,7-10H2,1-2H3,(H,19,20). The summed E-state index contributed by atoms with van der Waals surface area (Å²) >= 11 is 6.30. The third-order valence-electron chi connectivity index (χ3n) is 4.44. The summed E-state index contributed by atoms with van der Waals surface area (Å²) in [6, 6.07) is 8.20. The fourth-order valence-electron chi connectivity index (χ4n) is 3.02. The first-order chi connectivity index (χ1) is 11.1. The molecular formula is C17H21ClN4O. The van der Waals surface area contributed by atoms with Gasteiger partial charge in [0.2, 0.25) is 0 Å². The summed E-state index contributed by atoms with van der Waals surface area (Å²) in [4.78, 5) is 23.8. The van der Waals surface area contributed by atoms with Gasteiger partial charge < -0.3 is 9.88 Å². The van der Waals surface area contributed by atoms with Crippen LogP contribution in [0.15, 0.2) is 30.5 Å². The third-order valence-corrected chi connectivity index (χ3v) is 4.78. The van der Waals surface area contributed by atoms with Crippen molar-refractivity contribution in [1.29, 1.82) is 0 Å². The number of benzene rings is 1. The predicted molar refractivity (Wildman–Crippen MR) is 90.7 cm³/mol. The van der Waals surface area contributed by atoms with Gasteiger partial charge in [0.25, 0.3) is 5.91 Å². The number of amides is 1. The number of aromatic amines is 1. The van der Waals surface area contributed by atoms with Gasteiger partial charge in [-0.05, 0) is 25.5 Å². The van der Waals surface area contributed by atoms with Gasteiger partial charge in [0, 0.05) is 37.2 Å². The second-order valence-corrected chi connectivity index (χ2v) is 6.32. The molecule has 1 unspecified atom stereocenters. The second kappa shape index (κ2) is 6.72. The van der Waals surface area contributed by atoms with E-state index in [1.165, 1.54) is 0 Å². The first-order valence-electron chi connectivity index (χ1n) is 7.85. The molecule has 2 aromatic rings. The minimum Gasteiger partial charge on any atom is -0.338 e. The Bertz CT molecular complexity index is 691. The Morgan fingerprint density at radius 1 is 1.26 bits per heavy atom. The summed E-state index contributed by atoms with van der Waals surface area (Å²) in [6.45, 7) is 7.12. The Kier molecular flexibility index (Phi) is 4.68. The maximum atomic E-state index is 12.4. The summed E-state index contributed by atoms with van der Waals surface area (Å²) < 4.78 is 0. The lowest BCUT2D eigenvalue weighted by Crippen LogP contribution is -2.49. The molecule has 1 aromatic carbocycles. The van der Waals surface area contributed by atoms with Gasteiger partial charge >= 0.3 is 0 Å². The maximum Gasteiger partial charge on any atom is 0.272 e. The van der Waals surface area contributed by atoms with E-state index in [1.807, 2.05) is 30.0 Å². The number of nitrogens with one attached hydrogen (secondary N) is 1. The van der Waals surface area contributed by atoms with E-state index in [1.54, 1.807) is 6.20 Å². The number of halogens is 1. The van der Waals surface area contributed by atoms with Crippen LogP contribution in [0.2, 0.25) is 5.02 Å². The van der Waals surface area contributed by atoms with Crippen LogP contribution >= 0.6 is 11.6 Å². The average Bonchev–Trinajstić information content (AvgIpc) is 3.01. The van der Waals surface area contributed by atoms with E-state index in [4.69, 9.17) is 11.6 Å². The molecule has 0 radical (unpaired) electrons. The topological polar surface area (TPSA) is 52.2 Å². The number of hydrogen-bond acceptors (Lipinski definition) is 3. The van der Waals surface area contributed by atoms with E-state index in [0.717, 1.165) is 29.5 Å². The normalized spacial score (nSPS) is 17.3. The van der Waals surface area contributed by atoms with Crippen molar-refractivity contribution < 1.29 is 4.79 Å². The van der Waals surface area contributed by atoms with Gasteiger partial charge in [0.15, 0.2) is 0 Å². The van der Waals surface area contributed by atoms with Crippen molar-refractivity contribution in [2.45, 2.75) is 19.9 Å². The molecule has 1 saturated heterocycles. The van der Waals surface area contributed by atoms with Crippen molar-refractivity contribution in [2.24, 2.45) is 0 Å². The van der Waals surface area contributed by atoms with E-state index in [9.17, 15) is 4.79 Å². The molecule has 0 spiro atoms. The Morgan fingerprint density at radius 3 is 2.57 bits per heavy atom. The molecule has 1 aromatic heterocycles. The first kappa shape index (κ1) is 16.0. The van der Waals surface area contributed by atoms with Crippen LogP contribution in [-0.4, -0.2) is 51.9 Å². The van der Waals surface area contributed by atoms with Crippen LogP contribution in [0.4, 0.5) is 0 Å². The van der Waals surface area contributed by atoms with Gasteiger partial charge in [-0.2, -0.15) is 0 Å². The van der Waals surface area contributed by atoms with Gasteiger partial charge in [-0.3, -0.25) is 9.69 Å². The smallest absolute Gasteiger partial charge is 0.272 e. The van der Waals surface area contributed by atoms with Gasteiger partial charge in [-0.25, -0.2) is 4.98 Å². The zero-order valence-electron chi connectivity index (χ0n) is 13.4. The zero-order valence-corrected chi connectivity index (χ0v) is 14.2. The lowest BCUT2D eigenvalue weighted by atomic mass is 10.1. The van der Waals surface area contributed by atoms with Crippen LogP contribution in [0, 0.1) is 6.92 Å². The van der Waals surface area contributed by atoms with Gasteiger partial charge in [-0.1, -0.05) is 29.8 Å². The number of carbonyl (C=O) groups excluding carboxylic acids is 1. The molecule has 1 amide bonds. The molecule has 5 nitrogen and oxygen atoms in total. The molecule has 0 bridgehead atoms. The highest BCUT2D eigenvalue weighted by Gasteiger charge is 2.26. The van der Waals surface area contributed by atoms with Crippen molar-refractivity contribution in [2.75, 3.05) is 26.2 Å². The number of carbonyl (C=O) groups is 1. The molecule has 1 aliphatic heterocycles. The van der Waals surface area contributed by atoms with E-state index in [-0.39, 0.29) is 11.9 Å². The van der Waals surface area contributed by atoms with Crippen LogP contribution in [0.1, 0.15) is 34.8 Å². The number of aryl methyl sites for hydroxylation is 1. The third kappa shape index (κ3) is 3.41. The number of aromatic nitrogens is 2. The molecule has 122 valence electrons. The van der Waals surface area contributed by atoms with E-state index >= 15 is 0 Å². The lowest BCUT2D eigenvalue weighted by Gasteiger charge is -2.38. The largest absolute Gasteiger partial charge is 0.338 e. The molecular weight excluding hydrogens is 312 g/mol. The zero-order chi connectivity index (χ0) is 16.4. The van der Waals surface area contributed by atoms with Crippen LogP contribution in [0.25, 0.3) is 0 Å². The number of nitrogens with zero attached hydrogens (tertiary/aromatic N) is 3. The van der Waals surface area contributed by atoms with E-state index in [0.29, 0.717) is 18.8 Å². The quantitative estimate of drug-likeness (QED) is 0.940. The van der Waals surface area contributed by atoms with Crippen LogP contribution in [-0.2, 0) is 0 Å². The van der Waals surface area contributed by atoms with E-state index < -0.39 is 0 Å². The monoisotopic (exact) mass is 332 g/mol. The Balaban J connectivity index is 1.62. The Morgan fingerprint density at radius 2 is 1.96 bits per heavy atom. The number of piperazine rings is 1. The van der Waals surface area contributed by atoms with Gasteiger partial charge in [-0.15, -0.1) is 0 Å². The molecule has 23 heavy (non-hydrogen) atoms. The second-order valence-electron chi connectivity index (χ2n) is 5.91. The van der Waals surface area contributed by atoms with Crippen molar-refractivity contribution in [3.8, 4) is 0 Å². The molecule has 1 N–H and O–H groups in total. The average molecular weight is 333 g/mol. The highest BCUT2D eigenvalue weighted by molar-refractivity contribution is 6.31. The van der Waals surface area contributed by atoms with Crippen LogP contribution < -0.4 is 0 Å². The molecule has 1 aliphatic rings. The number of imidazole rings is 1. The fraction of sp³-hybridized carbons (Fsp3) is 0.412. The number of H-pyrrole nitrogens is 1. The van der Waals surface area contributed by atoms with Crippen molar-refractivity contribution in [3.05, 3.63) is 52.6 Å². The maximum absolute atomic E-state index is 12.4. The van der Waals surface area contributed by atoms with Crippen molar-refractivity contribution in [1.82, 2.24) is 19.8 Å². The minimum absolute atomic E-state index is 0.0237. The summed E-state index contributed by atoms with van der Waals surface area (Å²) in [5.74, 6) is 0.787. The predicted octanol–water partition coefficient (Wildman–Crippen LogP) is 2.89. The lowest BCUT2D eigenvalue weighted by molar-refractivity contribution is 0.0577. The Labute approximate surface area is 141 Å². The molecule has 2 heterocycles. The molecule has 1 atom stereocenters. The van der Waals surface area contributed by atoms with Crippen molar-refractivity contribution >= 4 is 17.5 Å². The van der Waals surface area contributed by atoms with Gasteiger partial charge in [0.05, 0.1) is 6.20 Å². The van der Waals surface area contributed by atoms with Gasteiger partial charge in [0.1, 0.15) is 11.5 Å². The highest BCUT2D eigenvalue weighted by Crippen LogP contribution is 2.27. The Hall–Kier alpha value is -1.85. The van der Waals surface area contributed by atoms with Crippen molar-refractivity contribution in [3.63, 3.8) is 0 Å². The van der Waals surface area contributed by atoms with Crippen LogP contribution in [0.5, 0.6) is 0 Å². The molecule has 1 fully saturated rings. The van der Waals surface area contributed by atoms with E-state index in [2.05, 4.69) is 27.9 Å². The molecule has 6 heteroatoms. The SMILES string of the molecule is Cc1ncc(C(=O)N2CCN(C(C)c3ccccc3Cl)CC2)[nH]1. The summed E-state index contributed by atoms with van der Waals surface area (Å²) in [6.07, 6.45) is 1.61. The summed E-state index contributed by atoms with van der Waals surface area (Å²) in [7, 11) is 0. The summed E-state index contributed by atoms with van der Waals surface area (Å²) in [5, 5.41) is 0.798. The fourth-order valence-corrected chi connectivity index (χ4v) is 3.32. The molecule has 0 saturated carbocycles. The van der Waals surface area contributed by atoms with Crippen LogP contribution in [0.3, 0.4) is 0 Å². The number of rotatable bonds is 3. The molecule has 0 aliphatic carbocycles. The molecule has 3 rings (SSSR count). The summed E-state index contributed by atoms with van der Waals surface area (Å²) in [5.41, 5.74) is 1.70. The minimum atomic E-state index is 0.0237.